The summed E-state index contributed by atoms with van der Waals surface area (Å²) in [6, 6.07) is 0. The van der Waals surface area contributed by atoms with E-state index in [0.717, 1.165) is 55.0 Å². The Morgan fingerprint density at radius 3 is 2.29 bits per heavy atom. The maximum atomic E-state index is 9.71. The lowest BCUT2D eigenvalue weighted by Crippen LogP contribution is -2.51. The molecule has 3 heteroatoms. The summed E-state index contributed by atoms with van der Waals surface area (Å²) in [5.41, 5.74) is 2.78. The Labute approximate surface area is 261 Å². The first kappa shape index (κ1) is 34.5. The molecule has 0 radical (unpaired) electrons. The second-order valence-corrected chi connectivity index (χ2v) is 16.5. The minimum absolute atomic E-state index is 0.0979. The van der Waals surface area contributed by atoms with Crippen LogP contribution in [-0.2, 0) is 4.74 Å². The fourth-order valence-corrected chi connectivity index (χ4v) is 10.7. The van der Waals surface area contributed by atoms with Crippen molar-refractivity contribution in [3.05, 3.63) is 11.6 Å². The first-order valence-corrected chi connectivity index (χ1v) is 18.8. The van der Waals surface area contributed by atoms with Crippen LogP contribution in [0.25, 0.3) is 0 Å². The highest BCUT2D eigenvalue weighted by molar-refractivity contribution is 5.25. The van der Waals surface area contributed by atoms with Crippen molar-refractivity contribution in [3.8, 4) is 0 Å². The van der Waals surface area contributed by atoms with E-state index in [9.17, 15) is 5.11 Å². The molecular formula is C39H70O3. The topological polar surface area (TPSA) is 49.7 Å². The molecule has 0 saturated heterocycles. The van der Waals surface area contributed by atoms with E-state index in [-0.39, 0.29) is 12.7 Å². The molecule has 4 aliphatic carbocycles. The number of aliphatic hydroxyl groups is 2. The molecule has 0 heterocycles. The number of fused-ring (bicyclic) bond motifs is 5. The normalized spacial score (nSPS) is 35.8. The molecule has 9 atom stereocenters. The highest BCUT2D eigenvalue weighted by atomic mass is 16.5. The second-order valence-electron chi connectivity index (χ2n) is 16.5. The average molecular weight is 587 g/mol. The van der Waals surface area contributed by atoms with Gasteiger partial charge in [-0.15, -0.1) is 0 Å². The third-order valence-corrected chi connectivity index (χ3v) is 13.3. The molecule has 4 rings (SSSR count). The number of rotatable bonds is 18. The Morgan fingerprint density at radius 1 is 0.810 bits per heavy atom. The van der Waals surface area contributed by atoms with Crippen molar-refractivity contribution in [1.82, 2.24) is 0 Å². The van der Waals surface area contributed by atoms with Crippen LogP contribution in [0.4, 0.5) is 0 Å². The van der Waals surface area contributed by atoms with E-state index in [1.54, 1.807) is 5.57 Å². The summed E-state index contributed by atoms with van der Waals surface area (Å²) in [5, 5.41) is 18.6. The van der Waals surface area contributed by atoms with Crippen LogP contribution in [0.3, 0.4) is 0 Å². The van der Waals surface area contributed by atoms with Gasteiger partial charge in [-0.1, -0.05) is 104 Å². The van der Waals surface area contributed by atoms with Crippen LogP contribution in [0.5, 0.6) is 0 Å². The lowest BCUT2D eigenvalue weighted by atomic mass is 9.47. The summed E-state index contributed by atoms with van der Waals surface area (Å²) in [7, 11) is 0. The van der Waals surface area contributed by atoms with Gasteiger partial charge >= 0.3 is 0 Å². The summed E-state index contributed by atoms with van der Waals surface area (Å²) in [6.07, 6.45) is 28.2. The number of hydrogen-bond acceptors (Lipinski definition) is 3. The lowest BCUT2D eigenvalue weighted by Gasteiger charge is -2.58. The van der Waals surface area contributed by atoms with E-state index < -0.39 is 0 Å². The Morgan fingerprint density at radius 2 is 1.55 bits per heavy atom. The molecule has 0 bridgehead atoms. The van der Waals surface area contributed by atoms with Crippen LogP contribution in [0.1, 0.15) is 163 Å². The molecule has 0 spiro atoms. The molecule has 0 aromatic heterocycles. The first-order chi connectivity index (χ1) is 20.2. The number of ether oxygens (including phenoxy) is 1. The Kier molecular flexibility index (Phi) is 13.4. The Balaban J connectivity index is 1.17. The van der Waals surface area contributed by atoms with Crippen molar-refractivity contribution in [2.24, 2.45) is 46.3 Å². The number of aliphatic hydroxyl groups excluding tert-OH is 2. The molecule has 3 saturated carbocycles. The Hall–Kier alpha value is -0.380. The summed E-state index contributed by atoms with van der Waals surface area (Å²) >= 11 is 0. The van der Waals surface area contributed by atoms with Gasteiger partial charge in [-0.05, 0) is 117 Å². The third-order valence-electron chi connectivity index (χ3n) is 13.3. The number of allylic oxidation sites excluding steroid dienone is 1. The minimum Gasteiger partial charge on any atom is -0.396 e. The quantitative estimate of drug-likeness (QED) is 0.124. The standard InChI is InChI=1S/C39H70O3/c1-29(2)14-13-15-30(3)35-19-20-36-34-18-17-31-28-33(21-24-38(31,4)37(34)22-25-39(35,36)5)42-27-12-10-8-6-7-9-11-16-32(41)23-26-40/h17,29-30,32-37,40-41H,6-16,18-28H2,1-5H3/t30-,32?,33?,34?,35-,36?,37?,38+,39-/m1/s1. The van der Waals surface area contributed by atoms with Gasteiger partial charge in [-0.25, -0.2) is 0 Å². The van der Waals surface area contributed by atoms with Crippen LogP contribution < -0.4 is 0 Å². The molecule has 0 aromatic rings. The summed E-state index contributed by atoms with van der Waals surface area (Å²) in [5.74, 6) is 5.49. The zero-order valence-electron chi connectivity index (χ0n) is 28.6. The molecule has 0 aromatic carbocycles. The van der Waals surface area contributed by atoms with Crippen LogP contribution in [-0.4, -0.2) is 35.6 Å². The smallest absolute Gasteiger partial charge is 0.0612 e. The van der Waals surface area contributed by atoms with Gasteiger partial charge in [-0.2, -0.15) is 0 Å². The molecule has 5 unspecified atom stereocenters. The van der Waals surface area contributed by atoms with Crippen molar-refractivity contribution in [1.29, 1.82) is 0 Å². The summed E-state index contributed by atoms with van der Waals surface area (Å²) < 4.78 is 6.49. The van der Waals surface area contributed by atoms with Crippen LogP contribution in [0.2, 0.25) is 0 Å². The second kappa shape index (κ2) is 16.3. The maximum absolute atomic E-state index is 9.71. The van der Waals surface area contributed by atoms with E-state index in [1.165, 1.54) is 109 Å². The SMILES string of the molecule is CC(C)CCC[C@@H](C)[C@H]1CCC2C3CC=C4CC(OCCCCCCCCCC(O)CCO)CC[C@]4(C)C3CC[C@@]21C. The van der Waals surface area contributed by atoms with Crippen molar-refractivity contribution in [3.63, 3.8) is 0 Å². The van der Waals surface area contributed by atoms with Crippen molar-refractivity contribution in [2.75, 3.05) is 13.2 Å². The van der Waals surface area contributed by atoms with Crippen LogP contribution in [0.15, 0.2) is 11.6 Å². The number of unbranched alkanes of at least 4 members (excludes halogenated alkanes) is 6. The zero-order chi connectivity index (χ0) is 30.2. The fraction of sp³-hybridized carbons (Fsp3) is 0.949. The molecule has 244 valence electrons. The predicted molar refractivity (Wildman–Crippen MR) is 177 cm³/mol. The third kappa shape index (κ3) is 8.45. The molecule has 42 heavy (non-hydrogen) atoms. The zero-order valence-corrected chi connectivity index (χ0v) is 28.6. The lowest BCUT2D eigenvalue weighted by molar-refractivity contribution is -0.0641. The highest BCUT2D eigenvalue weighted by Gasteiger charge is 2.59. The van der Waals surface area contributed by atoms with E-state index in [2.05, 4.69) is 40.7 Å². The van der Waals surface area contributed by atoms with Gasteiger partial charge in [0.15, 0.2) is 0 Å². The van der Waals surface area contributed by atoms with Crippen LogP contribution in [0, 0.1) is 46.3 Å². The van der Waals surface area contributed by atoms with E-state index in [0.29, 0.717) is 23.4 Å². The molecular weight excluding hydrogens is 516 g/mol. The van der Waals surface area contributed by atoms with Gasteiger partial charge in [0.05, 0.1) is 12.2 Å². The van der Waals surface area contributed by atoms with E-state index in [4.69, 9.17) is 9.84 Å². The van der Waals surface area contributed by atoms with Crippen molar-refractivity contribution >= 4 is 0 Å². The van der Waals surface area contributed by atoms with Gasteiger partial charge in [0, 0.05) is 13.2 Å². The fourth-order valence-electron chi connectivity index (χ4n) is 10.7. The number of hydrogen-bond donors (Lipinski definition) is 2. The molecule has 3 fully saturated rings. The van der Waals surface area contributed by atoms with Gasteiger partial charge in [-0.3, -0.25) is 0 Å². The average Bonchev–Trinajstić information content (AvgIpc) is 3.31. The molecule has 0 amide bonds. The van der Waals surface area contributed by atoms with Crippen LogP contribution >= 0.6 is 0 Å². The maximum Gasteiger partial charge on any atom is 0.0612 e. The van der Waals surface area contributed by atoms with Gasteiger partial charge in [0.1, 0.15) is 0 Å². The van der Waals surface area contributed by atoms with Crippen molar-refractivity contribution in [2.45, 2.75) is 175 Å². The monoisotopic (exact) mass is 587 g/mol. The molecule has 0 aliphatic heterocycles. The van der Waals surface area contributed by atoms with E-state index >= 15 is 0 Å². The molecule has 2 N–H and O–H groups in total. The van der Waals surface area contributed by atoms with Crippen molar-refractivity contribution < 1.29 is 14.9 Å². The largest absolute Gasteiger partial charge is 0.396 e. The summed E-state index contributed by atoms with van der Waals surface area (Å²) in [6.45, 7) is 13.8. The van der Waals surface area contributed by atoms with E-state index in [1.807, 2.05) is 0 Å². The summed E-state index contributed by atoms with van der Waals surface area (Å²) in [4.78, 5) is 0. The Bertz CT molecular complexity index is 820. The highest BCUT2D eigenvalue weighted by Crippen LogP contribution is 2.67. The molecule has 4 aliphatic rings. The first-order valence-electron chi connectivity index (χ1n) is 18.8. The minimum atomic E-state index is -0.313. The van der Waals surface area contributed by atoms with Gasteiger partial charge < -0.3 is 14.9 Å². The van der Waals surface area contributed by atoms with Gasteiger partial charge in [0.2, 0.25) is 0 Å². The van der Waals surface area contributed by atoms with Gasteiger partial charge in [0.25, 0.3) is 0 Å². The molecule has 3 nitrogen and oxygen atoms in total. The predicted octanol–water partition coefficient (Wildman–Crippen LogP) is 10.3.